The van der Waals surface area contributed by atoms with E-state index in [-0.39, 0.29) is 12.4 Å². The van der Waals surface area contributed by atoms with Crippen LogP contribution in [0.15, 0.2) is 30.3 Å². The second kappa shape index (κ2) is 8.87. The molecule has 1 heterocycles. The molecule has 24 heavy (non-hydrogen) atoms. The minimum atomic E-state index is 0. The maximum atomic E-state index is 12.7. The predicted molar refractivity (Wildman–Crippen MR) is 101 cm³/mol. The highest BCUT2D eigenvalue weighted by atomic mass is 35.5. The Balaban J connectivity index is 0.00000208. The van der Waals surface area contributed by atoms with Crippen LogP contribution < -0.4 is 5.73 Å². The Hall–Kier alpha value is -1.06. The first-order chi connectivity index (χ1) is 11.2. The van der Waals surface area contributed by atoms with E-state index in [0.717, 1.165) is 25.4 Å². The van der Waals surface area contributed by atoms with Crippen LogP contribution in [0.5, 0.6) is 0 Å². The molecule has 0 bridgehead atoms. The molecular formula is C20H31ClN2O. The third kappa shape index (κ3) is 4.52. The standard InChI is InChI=1S/C20H30N2O.ClH/c1-15-6-5-7-16(10-15)11-20(23)22-13-18(12-21)19(14-22)17-8-3-2-4-9-17;/h2-4,8-9,15-16,18-19H,5-7,10-14,21H2,1H3;1H/t15?,16?,18-,19+;/m1./s1. The summed E-state index contributed by atoms with van der Waals surface area (Å²) in [5, 5.41) is 0. The Morgan fingerprint density at radius 2 is 1.96 bits per heavy atom. The second-order valence-corrected chi connectivity index (χ2v) is 7.65. The maximum absolute atomic E-state index is 12.7. The molecule has 1 saturated heterocycles. The molecule has 2 fully saturated rings. The lowest BCUT2D eigenvalue weighted by atomic mass is 9.80. The number of benzene rings is 1. The second-order valence-electron chi connectivity index (χ2n) is 7.65. The summed E-state index contributed by atoms with van der Waals surface area (Å²) in [6.07, 6.45) is 5.81. The molecule has 4 atom stereocenters. The highest BCUT2D eigenvalue weighted by molar-refractivity contribution is 5.85. The van der Waals surface area contributed by atoms with E-state index in [2.05, 4.69) is 36.1 Å². The molecule has 2 N–H and O–H groups in total. The smallest absolute Gasteiger partial charge is 0.222 e. The van der Waals surface area contributed by atoms with Gasteiger partial charge >= 0.3 is 0 Å². The highest BCUT2D eigenvalue weighted by Crippen LogP contribution is 2.35. The molecule has 0 radical (unpaired) electrons. The largest absolute Gasteiger partial charge is 0.342 e. The molecule has 2 unspecified atom stereocenters. The molecule has 1 aromatic carbocycles. The summed E-state index contributed by atoms with van der Waals surface area (Å²) in [5.74, 6) is 2.52. The van der Waals surface area contributed by atoms with E-state index in [1.54, 1.807) is 0 Å². The van der Waals surface area contributed by atoms with E-state index in [0.29, 0.717) is 30.2 Å². The van der Waals surface area contributed by atoms with Gasteiger partial charge < -0.3 is 10.6 Å². The van der Waals surface area contributed by atoms with E-state index in [4.69, 9.17) is 5.73 Å². The number of likely N-dealkylation sites (tertiary alicyclic amines) is 1. The summed E-state index contributed by atoms with van der Waals surface area (Å²) in [6, 6.07) is 10.5. The van der Waals surface area contributed by atoms with Crippen LogP contribution in [-0.4, -0.2) is 30.4 Å². The van der Waals surface area contributed by atoms with Gasteiger partial charge in [-0.1, -0.05) is 50.1 Å². The van der Waals surface area contributed by atoms with Crippen molar-refractivity contribution < 1.29 is 4.79 Å². The topological polar surface area (TPSA) is 46.3 Å². The Morgan fingerprint density at radius 3 is 2.62 bits per heavy atom. The van der Waals surface area contributed by atoms with Crippen molar-refractivity contribution in [1.29, 1.82) is 0 Å². The third-order valence-corrected chi connectivity index (χ3v) is 5.83. The zero-order chi connectivity index (χ0) is 16.2. The van der Waals surface area contributed by atoms with Gasteiger partial charge in [-0.2, -0.15) is 0 Å². The van der Waals surface area contributed by atoms with Gasteiger partial charge in [0.2, 0.25) is 5.91 Å². The molecule has 1 aliphatic carbocycles. The molecule has 2 aliphatic rings. The van der Waals surface area contributed by atoms with Gasteiger partial charge in [0, 0.05) is 25.4 Å². The molecule has 1 saturated carbocycles. The number of carbonyl (C=O) groups is 1. The number of nitrogens with two attached hydrogens (primary N) is 1. The number of rotatable bonds is 4. The SMILES string of the molecule is CC1CCCC(CC(=O)N2C[C@@H](CN)[C@H](c3ccccc3)C2)C1.Cl. The minimum Gasteiger partial charge on any atom is -0.342 e. The van der Waals surface area contributed by atoms with Crippen LogP contribution in [-0.2, 0) is 4.79 Å². The predicted octanol–water partition coefficient (Wildman–Crippen LogP) is 3.83. The van der Waals surface area contributed by atoms with E-state index in [1.165, 1.54) is 31.2 Å². The van der Waals surface area contributed by atoms with E-state index in [9.17, 15) is 4.79 Å². The number of hydrogen-bond donors (Lipinski definition) is 1. The molecule has 0 spiro atoms. The Kier molecular flexibility index (Phi) is 7.12. The van der Waals surface area contributed by atoms with E-state index < -0.39 is 0 Å². The monoisotopic (exact) mass is 350 g/mol. The van der Waals surface area contributed by atoms with Crippen LogP contribution in [0.1, 0.15) is 50.5 Å². The fourth-order valence-corrected chi connectivity index (χ4v) is 4.51. The van der Waals surface area contributed by atoms with E-state index in [1.807, 2.05) is 6.07 Å². The van der Waals surface area contributed by atoms with Crippen LogP contribution in [0.4, 0.5) is 0 Å². The first kappa shape index (κ1) is 19.3. The number of amides is 1. The van der Waals surface area contributed by atoms with Gasteiger partial charge in [-0.15, -0.1) is 12.4 Å². The number of hydrogen-bond acceptors (Lipinski definition) is 2. The lowest BCUT2D eigenvalue weighted by Crippen LogP contribution is -2.32. The molecule has 1 aliphatic heterocycles. The van der Waals surface area contributed by atoms with Crippen molar-refractivity contribution >= 4 is 18.3 Å². The van der Waals surface area contributed by atoms with Gasteiger partial charge in [-0.25, -0.2) is 0 Å². The van der Waals surface area contributed by atoms with Crippen molar-refractivity contribution in [3.05, 3.63) is 35.9 Å². The normalized spacial score (nSPS) is 30.0. The fourth-order valence-electron chi connectivity index (χ4n) is 4.51. The lowest BCUT2D eigenvalue weighted by molar-refractivity contribution is -0.131. The van der Waals surface area contributed by atoms with Crippen LogP contribution in [0, 0.1) is 17.8 Å². The van der Waals surface area contributed by atoms with Crippen molar-refractivity contribution in [3.8, 4) is 0 Å². The van der Waals surface area contributed by atoms with Crippen LogP contribution >= 0.6 is 12.4 Å². The van der Waals surface area contributed by atoms with Gasteiger partial charge in [-0.05, 0) is 42.7 Å². The molecule has 3 rings (SSSR count). The van der Waals surface area contributed by atoms with Crippen LogP contribution in [0.2, 0.25) is 0 Å². The zero-order valence-corrected chi connectivity index (χ0v) is 15.5. The number of halogens is 1. The van der Waals surface area contributed by atoms with Gasteiger partial charge in [0.15, 0.2) is 0 Å². The molecule has 3 nitrogen and oxygen atoms in total. The van der Waals surface area contributed by atoms with Gasteiger partial charge in [-0.3, -0.25) is 4.79 Å². The quantitative estimate of drug-likeness (QED) is 0.897. The summed E-state index contributed by atoms with van der Waals surface area (Å²) in [4.78, 5) is 14.8. The van der Waals surface area contributed by atoms with Crippen LogP contribution in [0.25, 0.3) is 0 Å². The molecule has 1 aromatic rings. The fraction of sp³-hybridized carbons (Fsp3) is 0.650. The minimum absolute atomic E-state index is 0. The molecule has 1 amide bonds. The number of carbonyl (C=O) groups excluding carboxylic acids is 1. The summed E-state index contributed by atoms with van der Waals surface area (Å²) in [6.45, 7) is 4.65. The Labute approximate surface area is 152 Å². The third-order valence-electron chi connectivity index (χ3n) is 5.83. The van der Waals surface area contributed by atoms with Crippen molar-refractivity contribution in [2.45, 2.75) is 44.9 Å². The average Bonchev–Trinajstić information content (AvgIpc) is 3.00. The van der Waals surface area contributed by atoms with Crippen LogP contribution in [0.3, 0.4) is 0 Å². The highest BCUT2D eigenvalue weighted by Gasteiger charge is 2.36. The molecule has 134 valence electrons. The van der Waals surface area contributed by atoms with E-state index >= 15 is 0 Å². The Morgan fingerprint density at radius 1 is 1.21 bits per heavy atom. The van der Waals surface area contributed by atoms with Gasteiger partial charge in [0.1, 0.15) is 0 Å². The average molecular weight is 351 g/mol. The first-order valence-corrected chi connectivity index (χ1v) is 9.20. The first-order valence-electron chi connectivity index (χ1n) is 9.20. The van der Waals surface area contributed by atoms with Crippen molar-refractivity contribution in [2.24, 2.45) is 23.5 Å². The van der Waals surface area contributed by atoms with Crippen molar-refractivity contribution in [3.63, 3.8) is 0 Å². The van der Waals surface area contributed by atoms with Gasteiger partial charge in [0.25, 0.3) is 0 Å². The summed E-state index contributed by atoms with van der Waals surface area (Å²) in [5.41, 5.74) is 7.31. The lowest BCUT2D eigenvalue weighted by Gasteiger charge is -2.28. The molecule has 4 heteroatoms. The summed E-state index contributed by atoms with van der Waals surface area (Å²) < 4.78 is 0. The summed E-state index contributed by atoms with van der Waals surface area (Å²) in [7, 11) is 0. The molecular weight excluding hydrogens is 320 g/mol. The summed E-state index contributed by atoms with van der Waals surface area (Å²) >= 11 is 0. The zero-order valence-electron chi connectivity index (χ0n) is 14.7. The Bertz CT molecular complexity index is 522. The maximum Gasteiger partial charge on any atom is 0.222 e. The number of nitrogens with zero attached hydrogens (tertiary/aromatic N) is 1. The van der Waals surface area contributed by atoms with Crippen molar-refractivity contribution in [1.82, 2.24) is 4.90 Å². The van der Waals surface area contributed by atoms with Gasteiger partial charge in [0.05, 0.1) is 0 Å². The molecule has 0 aromatic heterocycles. The van der Waals surface area contributed by atoms with Crippen molar-refractivity contribution in [2.75, 3.05) is 19.6 Å².